The van der Waals surface area contributed by atoms with Crippen LogP contribution in [0.25, 0.3) is 0 Å². The summed E-state index contributed by atoms with van der Waals surface area (Å²) in [5.74, 6) is -0.681. The minimum Gasteiger partial charge on any atom is -0.461 e. The van der Waals surface area contributed by atoms with Crippen molar-refractivity contribution in [3.05, 3.63) is 0 Å². The molecule has 8 heteroatoms. The molecule has 0 rings (SSSR count). The first-order chi connectivity index (χ1) is 8.68. The fourth-order valence-electron chi connectivity index (χ4n) is 0.871. The van der Waals surface area contributed by atoms with Gasteiger partial charge in [0, 0.05) is 0 Å². The van der Waals surface area contributed by atoms with Crippen LogP contribution in [0.3, 0.4) is 0 Å². The maximum absolute atomic E-state index is 10.8. The quantitative estimate of drug-likeness (QED) is 0.319. The molecule has 0 bridgehead atoms. The van der Waals surface area contributed by atoms with Gasteiger partial charge >= 0.3 is 5.97 Å². The van der Waals surface area contributed by atoms with E-state index >= 15 is 0 Å². The van der Waals surface area contributed by atoms with Crippen LogP contribution in [0.15, 0.2) is 0 Å². The Kier molecular flexibility index (Phi) is 13.2. The molecule has 0 atom stereocenters. The second-order valence-electron chi connectivity index (χ2n) is 3.03. The Hall–Kier alpha value is -0.110. The van der Waals surface area contributed by atoms with E-state index in [1.807, 2.05) is 0 Å². The van der Waals surface area contributed by atoms with E-state index in [9.17, 15) is 4.79 Å². The molecule has 0 aliphatic rings. The lowest BCUT2D eigenvalue weighted by Gasteiger charge is -2.07. The van der Waals surface area contributed by atoms with Crippen molar-refractivity contribution in [2.24, 2.45) is 0 Å². The summed E-state index contributed by atoms with van der Waals surface area (Å²) < 4.78 is 19.9. The number of alkyl halides is 2. The standard InChI is InChI=1S/C10H18Cl2O6/c11-9(12)10(14)18-8-7-17-6-5-16-4-3-15-2-1-13/h9,13H,1-8H2. The summed E-state index contributed by atoms with van der Waals surface area (Å²) in [6.07, 6.45) is 0. The van der Waals surface area contributed by atoms with Crippen LogP contribution >= 0.6 is 23.2 Å². The van der Waals surface area contributed by atoms with Crippen LogP contribution in [0.5, 0.6) is 0 Å². The van der Waals surface area contributed by atoms with E-state index in [0.717, 1.165) is 0 Å². The highest BCUT2D eigenvalue weighted by atomic mass is 35.5. The highest BCUT2D eigenvalue weighted by Crippen LogP contribution is 2.03. The van der Waals surface area contributed by atoms with E-state index in [-0.39, 0.29) is 19.8 Å². The number of halogens is 2. The lowest BCUT2D eigenvalue weighted by atomic mass is 10.7. The van der Waals surface area contributed by atoms with Gasteiger partial charge in [-0.15, -0.1) is 0 Å². The first-order valence-corrected chi connectivity index (χ1v) is 6.34. The van der Waals surface area contributed by atoms with Gasteiger partial charge in [0.1, 0.15) is 6.61 Å². The summed E-state index contributed by atoms with van der Waals surface area (Å²) in [7, 11) is 0. The third-order valence-electron chi connectivity index (χ3n) is 1.63. The van der Waals surface area contributed by atoms with Crippen molar-refractivity contribution >= 4 is 29.2 Å². The smallest absolute Gasteiger partial charge is 0.339 e. The third kappa shape index (κ3) is 12.3. The molecule has 0 saturated carbocycles. The summed E-state index contributed by atoms with van der Waals surface area (Å²) in [4.78, 5) is 9.65. The van der Waals surface area contributed by atoms with Gasteiger partial charge in [-0.2, -0.15) is 0 Å². The molecule has 0 aromatic rings. The number of hydrogen-bond donors (Lipinski definition) is 1. The Morgan fingerprint density at radius 2 is 1.33 bits per heavy atom. The van der Waals surface area contributed by atoms with Crippen LogP contribution < -0.4 is 0 Å². The van der Waals surface area contributed by atoms with Crippen molar-refractivity contribution in [3.8, 4) is 0 Å². The zero-order valence-electron chi connectivity index (χ0n) is 9.98. The van der Waals surface area contributed by atoms with E-state index in [0.29, 0.717) is 33.0 Å². The lowest BCUT2D eigenvalue weighted by molar-refractivity contribution is -0.143. The van der Waals surface area contributed by atoms with Gasteiger partial charge in [0.15, 0.2) is 0 Å². The minimum atomic E-state index is -1.16. The highest BCUT2D eigenvalue weighted by molar-refractivity contribution is 6.52. The summed E-state index contributed by atoms with van der Waals surface area (Å²) in [5, 5.41) is 8.42. The normalized spacial score (nSPS) is 10.9. The number of hydrogen-bond acceptors (Lipinski definition) is 6. The molecule has 0 aromatic carbocycles. The number of carbonyl (C=O) groups excluding carboxylic acids is 1. The molecule has 0 heterocycles. The van der Waals surface area contributed by atoms with Crippen LogP contribution in [0.2, 0.25) is 0 Å². The van der Waals surface area contributed by atoms with E-state index in [1.165, 1.54) is 0 Å². The molecule has 0 radical (unpaired) electrons. The van der Waals surface area contributed by atoms with E-state index in [4.69, 9.17) is 42.5 Å². The molecule has 0 unspecified atom stereocenters. The second kappa shape index (κ2) is 13.3. The van der Waals surface area contributed by atoms with Crippen molar-refractivity contribution in [1.82, 2.24) is 0 Å². The molecular formula is C10H18Cl2O6. The topological polar surface area (TPSA) is 74.2 Å². The maximum Gasteiger partial charge on any atom is 0.339 e. The fraction of sp³-hybridized carbons (Fsp3) is 0.900. The molecule has 0 spiro atoms. The summed E-state index contributed by atoms with van der Waals surface area (Å²) in [5.41, 5.74) is 0. The zero-order valence-corrected chi connectivity index (χ0v) is 11.5. The van der Waals surface area contributed by atoms with Gasteiger partial charge in [0.2, 0.25) is 4.84 Å². The van der Waals surface area contributed by atoms with Gasteiger partial charge in [0.05, 0.1) is 46.2 Å². The zero-order chi connectivity index (χ0) is 13.6. The Morgan fingerprint density at radius 3 is 1.78 bits per heavy atom. The highest BCUT2D eigenvalue weighted by Gasteiger charge is 2.11. The first-order valence-electron chi connectivity index (χ1n) is 5.47. The molecule has 108 valence electrons. The predicted octanol–water partition coefficient (Wildman–Crippen LogP) is 0.375. The molecular weight excluding hydrogens is 287 g/mol. The van der Waals surface area contributed by atoms with Gasteiger partial charge in [-0.3, -0.25) is 0 Å². The van der Waals surface area contributed by atoms with Crippen LogP contribution in [-0.2, 0) is 23.7 Å². The van der Waals surface area contributed by atoms with Gasteiger partial charge in [0.25, 0.3) is 0 Å². The molecule has 0 aliphatic carbocycles. The second-order valence-corrected chi connectivity index (χ2v) is 4.13. The number of aliphatic hydroxyl groups is 1. The number of rotatable bonds is 12. The SMILES string of the molecule is O=C(OCCOCCOCCOCCO)C(Cl)Cl. The van der Waals surface area contributed by atoms with Crippen molar-refractivity contribution in [2.75, 3.05) is 52.9 Å². The van der Waals surface area contributed by atoms with Crippen molar-refractivity contribution in [3.63, 3.8) is 0 Å². The van der Waals surface area contributed by atoms with Crippen molar-refractivity contribution in [2.45, 2.75) is 4.84 Å². The molecule has 18 heavy (non-hydrogen) atoms. The fourth-order valence-corrected chi connectivity index (χ4v) is 0.997. The number of aliphatic hydroxyl groups excluding tert-OH is 1. The van der Waals surface area contributed by atoms with Crippen molar-refractivity contribution < 1.29 is 28.8 Å². The molecule has 6 nitrogen and oxygen atoms in total. The van der Waals surface area contributed by atoms with Gasteiger partial charge < -0.3 is 24.1 Å². The van der Waals surface area contributed by atoms with Gasteiger partial charge in [-0.05, 0) is 0 Å². The van der Waals surface area contributed by atoms with Crippen LogP contribution in [-0.4, -0.2) is 68.8 Å². The first kappa shape index (κ1) is 17.9. The molecule has 0 amide bonds. The van der Waals surface area contributed by atoms with Crippen LogP contribution in [0, 0.1) is 0 Å². The summed E-state index contributed by atoms with van der Waals surface area (Å²) >= 11 is 10.5. The Balaban J connectivity index is 3.05. The molecule has 1 N–H and O–H groups in total. The average molecular weight is 305 g/mol. The van der Waals surface area contributed by atoms with Crippen LogP contribution in [0.1, 0.15) is 0 Å². The maximum atomic E-state index is 10.8. The lowest BCUT2D eigenvalue weighted by Crippen LogP contribution is -2.17. The van der Waals surface area contributed by atoms with E-state index in [2.05, 4.69) is 4.74 Å². The molecule has 0 saturated heterocycles. The number of esters is 1. The van der Waals surface area contributed by atoms with E-state index < -0.39 is 10.8 Å². The Bertz CT molecular complexity index is 203. The van der Waals surface area contributed by atoms with E-state index in [1.54, 1.807) is 0 Å². The molecule has 0 aliphatic heterocycles. The Labute approximate surface area is 116 Å². The summed E-state index contributed by atoms with van der Waals surface area (Å²) in [6.45, 7) is 2.38. The third-order valence-corrected chi connectivity index (χ3v) is 1.99. The van der Waals surface area contributed by atoms with Crippen molar-refractivity contribution in [1.29, 1.82) is 0 Å². The molecule has 0 fully saturated rings. The number of carbonyl (C=O) groups is 1. The molecule has 0 aromatic heterocycles. The van der Waals surface area contributed by atoms with Crippen LogP contribution in [0.4, 0.5) is 0 Å². The summed E-state index contributed by atoms with van der Waals surface area (Å²) in [6, 6.07) is 0. The van der Waals surface area contributed by atoms with Gasteiger partial charge in [-0.25, -0.2) is 4.79 Å². The van der Waals surface area contributed by atoms with Gasteiger partial charge in [-0.1, -0.05) is 23.2 Å². The Morgan fingerprint density at radius 1 is 0.889 bits per heavy atom. The monoisotopic (exact) mass is 304 g/mol. The average Bonchev–Trinajstić information content (AvgIpc) is 2.35. The largest absolute Gasteiger partial charge is 0.461 e. The minimum absolute atomic E-state index is 0.00724. The number of ether oxygens (including phenoxy) is 4. The predicted molar refractivity (Wildman–Crippen MR) is 66.0 cm³/mol.